The van der Waals surface area contributed by atoms with Gasteiger partial charge in [0.2, 0.25) is 0 Å². The molecular formula is C18H26N2O. The van der Waals surface area contributed by atoms with Crippen LogP contribution >= 0.6 is 0 Å². The van der Waals surface area contributed by atoms with E-state index < -0.39 is 0 Å². The van der Waals surface area contributed by atoms with Gasteiger partial charge in [-0.3, -0.25) is 0 Å². The Hall–Kier alpha value is -1.50. The average molecular weight is 286 g/mol. The Morgan fingerprint density at radius 3 is 2.95 bits per heavy atom. The summed E-state index contributed by atoms with van der Waals surface area (Å²) in [7, 11) is 2.22. The van der Waals surface area contributed by atoms with Crippen molar-refractivity contribution in [1.82, 2.24) is 4.90 Å². The summed E-state index contributed by atoms with van der Waals surface area (Å²) in [6.07, 6.45) is 5.08. The Kier molecular flexibility index (Phi) is 6.10. The molecule has 0 bridgehead atoms. The van der Waals surface area contributed by atoms with Crippen molar-refractivity contribution in [1.29, 1.82) is 0 Å². The third kappa shape index (κ3) is 4.77. The molecule has 2 N–H and O–H groups in total. The number of ether oxygens (including phenoxy) is 1. The second-order valence-electron chi connectivity index (χ2n) is 5.75. The normalized spacial score (nSPS) is 18.9. The fraction of sp³-hybridized carbons (Fsp3) is 0.556. The van der Waals surface area contributed by atoms with E-state index in [1.165, 1.54) is 25.8 Å². The van der Waals surface area contributed by atoms with E-state index in [2.05, 4.69) is 36.8 Å². The summed E-state index contributed by atoms with van der Waals surface area (Å²) in [5.41, 5.74) is 7.52. The number of benzene rings is 1. The smallest absolute Gasteiger partial charge is 0.122 e. The zero-order valence-electron chi connectivity index (χ0n) is 13.2. The van der Waals surface area contributed by atoms with Crippen molar-refractivity contribution in [2.45, 2.75) is 38.6 Å². The second-order valence-corrected chi connectivity index (χ2v) is 5.75. The first-order valence-electron chi connectivity index (χ1n) is 7.83. The van der Waals surface area contributed by atoms with E-state index >= 15 is 0 Å². The molecule has 1 heterocycles. The molecule has 0 aliphatic carbocycles. The van der Waals surface area contributed by atoms with Crippen LogP contribution in [0.5, 0.6) is 5.75 Å². The van der Waals surface area contributed by atoms with Crippen LogP contribution in [-0.2, 0) is 0 Å². The summed E-state index contributed by atoms with van der Waals surface area (Å²) in [6, 6.07) is 6.75. The number of nitrogens with zero attached hydrogens (tertiary/aromatic N) is 1. The molecule has 1 fully saturated rings. The molecule has 1 unspecified atom stereocenters. The molecule has 0 amide bonds. The maximum atomic E-state index is 5.95. The van der Waals surface area contributed by atoms with E-state index in [9.17, 15) is 0 Å². The fourth-order valence-electron chi connectivity index (χ4n) is 2.86. The maximum absolute atomic E-state index is 5.95. The van der Waals surface area contributed by atoms with Gasteiger partial charge < -0.3 is 15.4 Å². The number of likely N-dealkylation sites (tertiary alicyclic amines) is 1. The van der Waals surface area contributed by atoms with Crippen molar-refractivity contribution >= 4 is 0 Å². The van der Waals surface area contributed by atoms with E-state index in [0.717, 1.165) is 29.9 Å². The average Bonchev–Trinajstić information content (AvgIpc) is 2.49. The highest BCUT2D eigenvalue weighted by Gasteiger charge is 2.18. The van der Waals surface area contributed by atoms with Crippen LogP contribution in [0.4, 0.5) is 0 Å². The molecule has 3 heteroatoms. The lowest BCUT2D eigenvalue weighted by atomic mass is 10.0. The number of hydrogen-bond acceptors (Lipinski definition) is 3. The molecule has 0 spiro atoms. The van der Waals surface area contributed by atoms with Crippen LogP contribution in [0.1, 0.15) is 36.8 Å². The molecule has 0 saturated carbocycles. The standard InChI is InChI=1S/C18H26N2O/c1-15-14-16(6-5-11-19)8-9-18(15)21-13-10-17-7-3-4-12-20(17)2/h8-9,14,17H,3-4,7,10-13,19H2,1-2H3. The van der Waals surface area contributed by atoms with Gasteiger partial charge >= 0.3 is 0 Å². The monoisotopic (exact) mass is 286 g/mol. The topological polar surface area (TPSA) is 38.5 Å². The molecule has 1 aliphatic heterocycles. The van der Waals surface area contributed by atoms with Crippen molar-refractivity contribution in [3.05, 3.63) is 29.3 Å². The van der Waals surface area contributed by atoms with Gasteiger partial charge in [-0.1, -0.05) is 18.3 Å². The highest BCUT2D eigenvalue weighted by Crippen LogP contribution is 2.21. The minimum atomic E-state index is 0.395. The van der Waals surface area contributed by atoms with Crippen LogP contribution in [-0.4, -0.2) is 37.7 Å². The van der Waals surface area contributed by atoms with Gasteiger partial charge in [0.1, 0.15) is 5.75 Å². The SMILES string of the molecule is Cc1cc(C#CCN)ccc1OCCC1CCCCN1C. The van der Waals surface area contributed by atoms with Crippen LogP contribution in [0.15, 0.2) is 18.2 Å². The second kappa shape index (κ2) is 8.07. The van der Waals surface area contributed by atoms with Gasteiger partial charge in [0, 0.05) is 11.6 Å². The Morgan fingerprint density at radius 1 is 1.38 bits per heavy atom. The van der Waals surface area contributed by atoms with E-state index in [-0.39, 0.29) is 0 Å². The number of piperidine rings is 1. The molecule has 2 rings (SSSR count). The zero-order chi connectivity index (χ0) is 15.1. The van der Waals surface area contributed by atoms with E-state index in [1.54, 1.807) is 0 Å². The lowest BCUT2D eigenvalue weighted by Gasteiger charge is -2.32. The molecule has 114 valence electrons. The minimum absolute atomic E-state index is 0.395. The minimum Gasteiger partial charge on any atom is -0.493 e. The predicted molar refractivity (Wildman–Crippen MR) is 87.5 cm³/mol. The van der Waals surface area contributed by atoms with Gasteiger partial charge in [0.05, 0.1) is 13.2 Å². The van der Waals surface area contributed by atoms with Gasteiger partial charge in [-0.2, -0.15) is 0 Å². The summed E-state index contributed by atoms with van der Waals surface area (Å²) in [4.78, 5) is 2.46. The number of rotatable bonds is 4. The number of aryl methyl sites for hydroxylation is 1. The summed E-state index contributed by atoms with van der Waals surface area (Å²) < 4.78 is 5.95. The lowest BCUT2D eigenvalue weighted by Crippen LogP contribution is -2.37. The van der Waals surface area contributed by atoms with Crippen LogP contribution in [0.25, 0.3) is 0 Å². The van der Waals surface area contributed by atoms with Gasteiger partial charge in [0.25, 0.3) is 0 Å². The van der Waals surface area contributed by atoms with Gasteiger partial charge in [-0.15, -0.1) is 0 Å². The van der Waals surface area contributed by atoms with Crippen LogP contribution in [0, 0.1) is 18.8 Å². The fourth-order valence-corrected chi connectivity index (χ4v) is 2.86. The van der Waals surface area contributed by atoms with Crippen molar-refractivity contribution in [3.63, 3.8) is 0 Å². The molecule has 1 aromatic rings. The Bertz CT molecular complexity index is 516. The van der Waals surface area contributed by atoms with E-state index in [0.29, 0.717) is 12.6 Å². The van der Waals surface area contributed by atoms with Crippen LogP contribution in [0.3, 0.4) is 0 Å². The molecule has 0 radical (unpaired) electrons. The molecular weight excluding hydrogens is 260 g/mol. The molecule has 3 nitrogen and oxygen atoms in total. The Morgan fingerprint density at radius 2 is 2.24 bits per heavy atom. The van der Waals surface area contributed by atoms with Gasteiger partial charge in [0.15, 0.2) is 0 Å². The van der Waals surface area contributed by atoms with Crippen molar-refractivity contribution in [2.24, 2.45) is 5.73 Å². The molecule has 0 aromatic heterocycles. The maximum Gasteiger partial charge on any atom is 0.122 e. The van der Waals surface area contributed by atoms with Crippen molar-refractivity contribution in [3.8, 4) is 17.6 Å². The Balaban J connectivity index is 1.85. The van der Waals surface area contributed by atoms with Gasteiger partial charge in [-0.25, -0.2) is 0 Å². The first-order chi connectivity index (χ1) is 10.2. The molecule has 1 aromatic carbocycles. The summed E-state index contributed by atoms with van der Waals surface area (Å²) in [5, 5.41) is 0. The van der Waals surface area contributed by atoms with Gasteiger partial charge in [-0.05, 0) is 63.5 Å². The Labute approximate surface area is 128 Å². The first kappa shape index (κ1) is 15.9. The highest BCUT2D eigenvalue weighted by molar-refractivity contribution is 5.43. The third-order valence-corrected chi connectivity index (χ3v) is 4.14. The quantitative estimate of drug-likeness (QED) is 0.865. The predicted octanol–water partition coefficient (Wildman–Crippen LogP) is 2.56. The third-order valence-electron chi connectivity index (χ3n) is 4.14. The van der Waals surface area contributed by atoms with Crippen LogP contribution in [0.2, 0.25) is 0 Å². The first-order valence-corrected chi connectivity index (χ1v) is 7.83. The zero-order valence-corrected chi connectivity index (χ0v) is 13.2. The van der Waals surface area contributed by atoms with E-state index in [1.807, 2.05) is 12.1 Å². The summed E-state index contributed by atoms with van der Waals surface area (Å²) >= 11 is 0. The highest BCUT2D eigenvalue weighted by atomic mass is 16.5. The summed E-state index contributed by atoms with van der Waals surface area (Å²) in [6.45, 7) is 4.46. The number of hydrogen-bond donors (Lipinski definition) is 1. The number of nitrogens with two attached hydrogens (primary N) is 1. The lowest BCUT2D eigenvalue weighted by molar-refractivity contribution is 0.153. The van der Waals surface area contributed by atoms with E-state index in [4.69, 9.17) is 10.5 Å². The largest absolute Gasteiger partial charge is 0.493 e. The molecule has 21 heavy (non-hydrogen) atoms. The summed E-state index contributed by atoms with van der Waals surface area (Å²) in [5.74, 6) is 6.89. The van der Waals surface area contributed by atoms with Crippen LogP contribution < -0.4 is 10.5 Å². The molecule has 1 atom stereocenters. The molecule has 1 aliphatic rings. The van der Waals surface area contributed by atoms with Crippen molar-refractivity contribution < 1.29 is 4.74 Å². The molecule has 1 saturated heterocycles. The van der Waals surface area contributed by atoms with Crippen molar-refractivity contribution in [2.75, 3.05) is 26.7 Å².